The molecule has 152 valence electrons. The first kappa shape index (κ1) is 20.4. The second kappa shape index (κ2) is 7.94. The SMILES string of the molecule is CC[C@@H]1C(=N)N(C(C)=N)c2cnc(-c3ccncc3NC(C)=O)nc2N1C(C)C. The number of hydrogen-bond acceptors (Lipinski definition) is 7. The van der Waals surface area contributed by atoms with Gasteiger partial charge >= 0.3 is 0 Å². The average molecular weight is 394 g/mol. The molecule has 1 aliphatic rings. The van der Waals surface area contributed by atoms with E-state index in [1.807, 2.05) is 6.92 Å². The van der Waals surface area contributed by atoms with Crippen LogP contribution in [0.2, 0.25) is 0 Å². The van der Waals surface area contributed by atoms with Gasteiger partial charge in [0, 0.05) is 24.7 Å². The molecule has 29 heavy (non-hydrogen) atoms. The summed E-state index contributed by atoms with van der Waals surface area (Å²) in [7, 11) is 0. The van der Waals surface area contributed by atoms with Gasteiger partial charge in [-0.1, -0.05) is 6.92 Å². The van der Waals surface area contributed by atoms with Gasteiger partial charge in [0.15, 0.2) is 11.6 Å². The minimum absolute atomic E-state index is 0.0993. The van der Waals surface area contributed by atoms with Crippen LogP contribution in [-0.2, 0) is 4.79 Å². The van der Waals surface area contributed by atoms with E-state index in [9.17, 15) is 4.79 Å². The molecule has 0 radical (unpaired) electrons. The van der Waals surface area contributed by atoms with Crippen molar-refractivity contribution in [1.82, 2.24) is 15.0 Å². The third-order valence-corrected chi connectivity index (χ3v) is 4.78. The van der Waals surface area contributed by atoms with E-state index in [1.165, 1.54) is 6.92 Å². The number of nitrogens with one attached hydrogen (secondary N) is 3. The molecule has 2 aromatic heterocycles. The lowest BCUT2D eigenvalue weighted by Crippen LogP contribution is -2.56. The Morgan fingerprint density at radius 1 is 1.31 bits per heavy atom. The molecule has 2 aromatic rings. The highest BCUT2D eigenvalue weighted by Crippen LogP contribution is 2.38. The Morgan fingerprint density at radius 3 is 2.62 bits per heavy atom. The lowest BCUT2D eigenvalue weighted by molar-refractivity contribution is -0.114. The summed E-state index contributed by atoms with van der Waals surface area (Å²) < 4.78 is 0. The summed E-state index contributed by atoms with van der Waals surface area (Å²) in [6, 6.07) is 1.66. The summed E-state index contributed by atoms with van der Waals surface area (Å²) in [6.07, 6.45) is 5.55. The molecule has 1 aliphatic heterocycles. The van der Waals surface area contributed by atoms with Gasteiger partial charge in [0.1, 0.15) is 17.4 Å². The summed E-state index contributed by atoms with van der Waals surface area (Å²) in [4.78, 5) is 28.6. The van der Waals surface area contributed by atoms with Gasteiger partial charge in [-0.25, -0.2) is 9.97 Å². The maximum atomic E-state index is 11.6. The molecule has 0 spiro atoms. The molecule has 3 rings (SSSR count). The lowest BCUT2D eigenvalue weighted by atomic mass is 10.0. The zero-order valence-corrected chi connectivity index (χ0v) is 17.3. The fourth-order valence-corrected chi connectivity index (χ4v) is 3.64. The van der Waals surface area contributed by atoms with Crippen LogP contribution in [0.25, 0.3) is 11.4 Å². The van der Waals surface area contributed by atoms with Gasteiger partial charge in [0.2, 0.25) is 5.91 Å². The summed E-state index contributed by atoms with van der Waals surface area (Å²) >= 11 is 0. The predicted octanol–water partition coefficient (Wildman–Crippen LogP) is 3.28. The van der Waals surface area contributed by atoms with Crippen molar-refractivity contribution >= 4 is 34.8 Å². The second-order valence-electron chi connectivity index (χ2n) is 7.24. The Kier molecular flexibility index (Phi) is 5.58. The van der Waals surface area contributed by atoms with E-state index in [0.29, 0.717) is 40.8 Å². The molecule has 0 unspecified atom stereocenters. The number of hydrogen-bond donors (Lipinski definition) is 3. The highest BCUT2D eigenvalue weighted by atomic mass is 16.1. The molecule has 3 heterocycles. The lowest BCUT2D eigenvalue weighted by Gasteiger charge is -2.45. The summed E-state index contributed by atoms with van der Waals surface area (Å²) in [5.74, 6) is 1.51. The Balaban J connectivity index is 2.21. The van der Waals surface area contributed by atoms with Crippen molar-refractivity contribution in [3.8, 4) is 11.4 Å². The molecule has 1 atom stereocenters. The molecule has 9 nitrogen and oxygen atoms in total. The van der Waals surface area contributed by atoms with Crippen molar-refractivity contribution < 1.29 is 4.79 Å². The van der Waals surface area contributed by atoms with E-state index >= 15 is 0 Å². The zero-order valence-electron chi connectivity index (χ0n) is 17.3. The average Bonchev–Trinajstić information content (AvgIpc) is 2.66. The molecule has 0 aromatic carbocycles. The van der Waals surface area contributed by atoms with Crippen molar-refractivity contribution in [2.75, 3.05) is 15.1 Å². The Labute approximate surface area is 170 Å². The fourth-order valence-electron chi connectivity index (χ4n) is 3.64. The Hall–Kier alpha value is -3.36. The molecule has 1 amide bonds. The van der Waals surface area contributed by atoms with Crippen molar-refractivity contribution in [3.63, 3.8) is 0 Å². The van der Waals surface area contributed by atoms with Crippen molar-refractivity contribution in [2.45, 2.75) is 53.1 Å². The van der Waals surface area contributed by atoms with Crippen LogP contribution in [0, 0.1) is 10.8 Å². The largest absolute Gasteiger partial charge is 0.342 e. The first-order chi connectivity index (χ1) is 13.8. The van der Waals surface area contributed by atoms with Crippen LogP contribution < -0.4 is 15.1 Å². The topological polar surface area (TPSA) is 122 Å². The van der Waals surface area contributed by atoms with Crippen LogP contribution in [0.4, 0.5) is 17.2 Å². The van der Waals surface area contributed by atoms with E-state index in [4.69, 9.17) is 15.8 Å². The van der Waals surface area contributed by atoms with Gasteiger partial charge in [-0.05, 0) is 33.3 Å². The number of fused-ring (bicyclic) bond motifs is 1. The number of aromatic nitrogens is 3. The van der Waals surface area contributed by atoms with Crippen LogP contribution in [-0.4, -0.2) is 44.6 Å². The van der Waals surface area contributed by atoms with Gasteiger partial charge < -0.3 is 10.2 Å². The summed E-state index contributed by atoms with van der Waals surface area (Å²) in [5.41, 5.74) is 1.81. The normalized spacial score (nSPS) is 16.1. The molecular formula is C20H26N8O. The van der Waals surface area contributed by atoms with Crippen LogP contribution in [0.15, 0.2) is 24.7 Å². The third-order valence-electron chi connectivity index (χ3n) is 4.78. The van der Waals surface area contributed by atoms with E-state index in [1.54, 1.807) is 36.5 Å². The molecule has 3 N–H and O–H groups in total. The van der Waals surface area contributed by atoms with Gasteiger partial charge in [0.05, 0.1) is 24.1 Å². The highest BCUT2D eigenvalue weighted by molar-refractivity contribution is 6.22. The standard InChI is InChI=1S/C20H26N8O/c1-6-16-18(22)28(12(4)21)17-10-24-19(26-20(17)27(16)11(2)3)14-7-8-23-9-15(14)25-13(5)29/h7-11,16,21-22H,6H2,1-5H3,(H,25,29)/t16-/m1/s1. The molecule has 0 aliphatic carbocycles. The van der Waals surface area contributed by atoms with Crippen LogP contribution in [0.5, 0.6) is 0 Å². The number of amidine groups is 2. The van der Waals surface area contributed by atoms with Crippen molar-refractivity contribution in [1.29, 1.82) is 10.8 Å². The first-order valence-corrected chi connectivity index (χ1v) is 9.57. The van der Waals surface area contributed by atoms with E-state index in [-0.39, 0.29) is 23.8 Å². The summed E-state index contributed by atoms with van der Waals surface area (Å²) in [6.45, 7) is 9.24. The molecule has 9 heteroatoms. The van der Waals surface area contributed by atoms with E-state index < -0.39 is 0 Å². The molecule has 0 bridgehead atoms. The zero-order chi connectivity index (χ0) is 21.3. The molecule has 0 fully saturated rings. The minimum Gasteiger partial charge on any atom is -0.342 e. The molecule has 0 saturated carbocycles. The number of rotatable bonds is 4. The summed E-state index contributed by atoms with van der Waals surface area (Å²) in [5, 5.41) is 19.6. The maximum Gasteiger partial charge on any atom is 0.221 e. The Morgan fingerprint density at radius 2 is 2.03 bits per heavy atom. The molecular weight excluding hydrogens is 368 g/mol. The van der Waals surface area contributed by atoms with Crippen LogP contribution in [0.3, 0.4) is 0 Å². The van der Waals surface area contributed by atoms with Crippen LogP contribution >= 0.6 is 0 Å². The number of carbonyl (C=O) groups excluding carboxylic acids is 1. The van der Waals surface area contributed by atoms with Gasteiger partial charge in [0.25, 0.3) is 0 Å². The Bertz CT molecular complexity index is 971. The predicted molar refractivity (Wildman–Crippen MR) is 115 cm³/mol. The van der Waals surface area contributed by atoms with Crippen LogP contribution in [0.1, 0.15) is 41.0 Å². The van der Waals surface area contributed by atoms with E-state index in [0.717, 1.165) is 0 Å². The quantitative estimate of drug-likeness (QED) is 0.540. The van der Waals surface area contributed by atoms with Crippen molar-refractivity contribution in [2.24, 2.45) is 0 Å². The van der Waals surface area contributed by atoms with Gasteiger partial charge in [-0.15, -0.1) is 0 Å². The minimum atomic E-state index is -0.203. The van der Waals surface area contributed by atoms with E-state index in [2.05, 4.69) is 34.0 Å². The number of pyridine rings is 1. The highest BCUT2D eigenvalue weighted by Gasteiger charge is 2.38. The number of anilines is 3. The van der Waals surface area contributed by atoms with Crippen molar-refractivity contribution in [3.05, 3.63) is 24.7 Å². The maximum absolute atomic E-state index is 11.6. The second-order valence-corrected chi connectivity index (χ2v) is 7.24. The molecule has 0 saturated heterocycles. The fraction of sp³-hybridized carbons (Fsp3) is 0.400. The third kappa shape index (κ3) is 3.67. The number of nitrogens with zero attached hydrogens (tertiary/aromatic N) is 5. The monoisotopic (exact) mass is 394 g/mol. The smallest absolute Gasteiger partial charge is 0.221 e. The number of carbonyl (C=O) groups is 1. The number of amides is 1. The first-order valence-electron chi connectivity index (χ1n) is 9.57. The van der Waals surface area contributed by atoms with Gasteiger partial charge in [-0.3, -0.25) is 25.5 Å². The van der Waals surface area contributed by atoms with Gasteiger partial charge in [-0.2, -0.15) is 0 Å².